The number of anilines is 2. The number of benzene rings is 1. The molecular weight excluding hydrogens is 280 g/mol. The van der Waals surface area contributed by atoms with Gasteiger partial charge in [0.1, 0.15) is 0 Å². The Morgan fingerprint density at radius 3 is 2.45 bits per heavy atom. The summed E-state index contributed by atoms with van der Waals surface area (Å²) < 4.78 is 24.1. The van der Waals surface area contributed by atoms with E-state index in [0.717, 1.165) is 32.4 Å². The molecule has 0 unspecified atom stereocenters. The summed E-state index contributed by atoms with van der Waals surface area (Å²) in [4.78, 5) is 13.8. The van der Waals surface area contributed by atoms with Gasteiger partial charge in [0.15, 0.2) is 0 Å². The summed E-state index contributed by atoms with van der Waals surface area (Å²) in [6, 6.07) is 6.24. The van der Waals surface area contributed by atoms with Crippen molar-refractivity contribution in [3.8, 4) is 0 Å². The molecule has 20 heavy (non-hydrogen) atoms. The number of rotatable bonds is 3. The van der Waals surface area contributed by atoms with Crippen LogP contribution < -0.4 is 15.2 Å². The molecule has 0 aliphatic carbocycles. The predicted octanol–water partition coefficient (Wildman–Crippen LogP) is 1.32. The normalized spacial score (nSPS) is 15.8. The average molecular weight is 298 g/mol. The molecule has 1 saturated heterocycles. The van der Waals surface area contributed by atoms with Crippen molar-refractivity contribution < 1.29 is 13.2 Å². The molecule has 1 aromatic carbocycles. The number of amides is 2. The largest absolute Gasteiger partial charge is 0.325 e. The van der Waals surface area contributed by atoms with Gasteiger partial charge in [-0.1, -0.05) is 6.07 Å². The Labute approximate surface area is 118 Å². The van der Waals surface area contributed by atoms with Gasteiger partial charge in [0.25, 0.3) is 10.2 Å². The maximum Gasteiger partial charge on any atom is 0.321 e. The smallest absolute Gasteiger partial charge is 0.321 e. The van der Waals surface area contributed by atoms with Gasteiger partial charge in [0, 0.05) is 18.8 Å². The van der Waals surface area contributed by atoms with Crippen LogP contribution >= 0.6 is 0 Å². The van der Waals surface area contributed by atoms with Crippen molar-refractivity contribution in [3.63, 3.8) is 0 Å². The molecule has 7 nitrogen and oxygen atoms in total. The lowest BCUT2D eigenvalue weighted by Crippen LogP contribution is -2.38. The van der Waals surface area contributed by atoms with Gasteiger partial charge in [-0.25, -0.2) is 9.93 Å². The maximum atomic E-state index is 12.0. The molecule has 1 heterocycles. The number of nitrogens with one attached hydrogen (secondary N) is 2. The van der Waals surface area contributed by atoms with Crippen LogP contribution in [0.3, 0.4) is 0 Å². The Morgan fingerprint density at radius 2 is 1.80 bits per heavy atom. The zero-order valence-corrected chi connectivity index (χ0v) is 11.8. The van der Waals surface area contributed by atoms with Crippen LogP contribution in [0.1, 0.15) is 19.3 Å². The van der Waals surface area contributed by atoms with Crippen molar-refractivity contribution in [3.05, 3.63) is 24.3 Å². The number of carbonyl (C=O) groups is 1. The highest BCUT2D eigenvalue weighted by atomic mass is 32.2. The second-order valence-electron chi connectivity index (χ2n) is 4.71. The van der Waals surface area contributed by atoms with Crippen molar-refractivity contribution >= 4 is 27.6 Å². The maximum absolute atomic E-state index is 12.0. The Balaban J connectivity index is 2.02. The van der Waals surface area contributed by atoms with E-state index in [-0.39, 0.29) is 6.03 Å². The number of piperidine rings is 1. The van der Waals surface area contributed by atoms with Crippen LogP contribution in [0, 0.1) is 0 Å². The molecule has 0 atom stereocenters. The fourth-order valence-corrected chi connectivity index (χ4v) is 2.58. The number of likely N-dealkylation sites (tertiary alicyclic amines) is 1. The van der Waals surface area contributed by atoms with Crippen molar-refractivity contribution in [1.82, 2.24) is 4.90 Å². The van der Waals surface area contributed by atoms with E-state index in [1.165, 1.54) is 6.07 Å². The van der Waals surface area contributed by atoms with E-state index < -0.39 is 10.2 Å². The summed E-state index contributed by atoms with van der Waals surface area (Å²) in [6.45, 7) is 1.50. The van der Waals surface area contributed by atoms with E-state index >= 15 is 0 Å². The van der Waals surface area contributed by atoms with Gasteiger partial charge in [0.2, 0.25) is 0 Å². The quantitative estimate of drug-likeness (QED) is 0.783. The Hall–Kier alpha value is -1.80. The van der Waals surface area contributed by atoms with E-state index in [1.54, 1.807) is 23.1 Å². The summed E-state index contributed by atoms with van der Waals surface area (Å²) in [7, 11) is -3.82. The Kier molecular flexibility index (Phi) is 4.46. The molecule has 1 aliphatic rings. The number of nitrogens with two attached hydrogens (primary N) is 1. The first-order chi connectivity index (χ1) is 9.44. The van der Waals surface area contributed by atoms with Gasteiger partial charge >= 0.3 is 6.03 Å². The van der Waals surface area contributed by atoms with Crippen LogP contribution in [0.4, 0.5) is 16.2 Å². The molecule has 4 N–H and O–H groups in total. The van der Waals surface area contributed by atoms with Crippen molar-refractivity contribution in [2.24, 2.45) is 5.14 Å². The second-order valence-corrected chi connectivity index (χ2v) is 6.00. The highest BCUT2D eigenvalue weighted by Crippen LogP contribution is 2.17. The first kappa shape index (κ1) is 14.6. The highest BCUT2D eigenvalue weighted by molar-refractivity contribution is 7.90. The van der Waals surface area contributed by atoms with Crippen LogP contribution in [-0.2, 0) is 10.2 Å². The molecule has 2 rings (SSSR count). The van der Waals surface area contributed by atoms with E-state index in [0.29, 0.717) is 11.4 Å². The number of nitrogens with zero attached hydrogens (tertiary/aromatic N) is 1. The molecule has 0 radical (unpaired) electrons. The number of urea groups is 1. The third kappa shape index (κ3) is 4.39. The SMILES string of the molecule is NS(=O)(=O)Nc1cccc(NC(=O)N2CCCCC2)c1. The van der Waals surface area contributed by atoms with Gasteiger partial charge in [0.05, 0.1) is 5.69 Å². The lowest BCUT2D eigenvalue weighted by Gasteiger charge is -2.26. The van der Waals surface area contributed by atoms with Crippen LogP contribution in [0.2, 0.25) is 0 Å². The Morgan fingerprint density at radius 1 is 1.15 bits per heavy atom. The molecule has 1 aromatic rings. The van der Waals surface area contributed by atoms with Crippen LogP contribution in [0.15, 0.2) is 24.3 Å². The molecule has 0 saturated carbocycles. The minimum absolute atomic E-state index is 0.169. The zero-order valence-electron chi connectivity index (χ0n) is 11.0. The molecule has 8 heteroatoms. The van der Waals surface area contributed by atoms with E-state index in [1.807, 2.05) is 0 Å². The number of hydrogen-bond acceptors (Lipinski definition) is 3. The van der Waals surface area contributed by atoms with E-state index in [2.05, 4.69) is 10.0 Å². The van der Waals surface area contributed by atoms with Crippen molar-refractivity contribution in [2.75, 3.05) is 23.1 Å². The van der Waals surface area contributed by atoms with Crippen molar-refractivity contribution in [1.29, 1.82) is 0 Å². The van der Waals surface area contributed by atoms with E-state index in [4.69, 9.17) is 5.14 Å². The first-order valence-electron chi connectivity index (χ1n) is 6.40. The standard InChI is InChI=1S/C12H18N4O3S/c13-20(18,19)15-11-6-4-5-10(9-11)14-12(17)16-7-2-1-3-8-16/h4-6,9,15H,1-3,7-8H2,(H,14,17)(H2,13,18,19). The minimum atomic E-state index is -3.82. The lowest BCUT2D eigenvalue weighted by molar-refractivity contribution is 0.200. The monoisotopic (exact) mass is 298 g/mol. The van der Waals surface area contributed by atoms with Crippen LogP contribution in [0.25, 0.3) is 0 Å². The third-order valence-corrected chi connectivity index (χ3v) is 3.54. The second kappa shape index (κ2) is 6.10. The third-order valence-electron chi connectivity index (χ3n) is 3.02. The lowest BCUT2D eigenvalue weighted by atomic mass is 10.1. The fourth-order valence-electron chi connectivity index (χ4n) is 2.12. The molecule has 1 fully saturated rings. The summed E-state index contributed by atoms with van der Waals surface area (Å²) in [6.07, 6.45) is 3.18. The molecule has 2 amide bonds. The summed E-state index contributed by atoms with van der Waals surface area (Å²) in [5.41, 5.74) is 0.832. The molecule has 110 valence electrons. The molecule has 1 aliphatic heterocycles. The van der Waals surface area contributed by atoms with Crippen LogP contribution in [-0.4, -0.2) is 32.4 Å². The molecule has 0 bridgehead atoms. The fraction of sp³-hybridized carbons (Fsp3) is 0.417. The Bertz CT molecular complexity index is 582. The molecule has 0 aromatic heterocycles. The predicted molar refractivity (Wildman–Crippen MR) is 77.6 cm³/mol. The zero-order chi connectivity index (χ0) is 14.6. The van der Waals surface area contributed by atoms with Crippen molar-refractivity contribution in [2.45, 2.75) is 19.3 Å². The van der Waals surface area contributed by atoms with Gasteiger partial charge in [-0.15, -0.1) is 0 Å². The first-order valence-corrected chi connectivity index (χ1v) is 7.95. The highest BCUT2D eigenvalue weighted by Gasteiger charge is 2.16. The van der Waals surface area contributed by atoms with Gasteiger partial charge in [-0.2, -0.15) is 8.42 Å². The summed E-state index contributed by atoms with van der Waals surface area (Å²) in [5, 5.41) is 7.65. The van der Waals surface area contributed by atoms with Gasteiger partial charge in [-0.3, -0.25) is 4.72 Å². The van der Waals surface area contributed by atoms with Crippen LogP contribution in [0.5, 0.6) is 0 Å². The van der Waals surface area contributed by atoms with Gasteiger partial charge in [-0.05, 0) is 37.5 Å². The number of hydrogen-bond donors (Lipinski definition) is 3. The minimum Gasteiger partial charge on any atom is -0.325 e. The van der Waals surface area contributed by atoms with E-state index in [9.17, 15) is 13.2 Å². The van der Waals surface area contributed by atoms with Gasteiger partial charge < -0.3 is 10.2 Å². The average Bonchev–Trinajstić information content (AvgIpc) is 2.38. The topological polar surface area (TPSA) is 105 Å². The summed E-state index contributed by atoms with van der Waals surface area (Å²) in [5.74, 6) is 0. The summed E-state index contributed by atoms with van der Waals surface area (Å²) >= 11 is 0. The number of carbonyl (C=O) groups excluding carboxylic acids is 1. The molecular formula is C12H18N4O3S. The molecule has 0 spiro atoms.